The summed E-state index contributed by atoms with van der Waals surface area (Å²) < 4.78 is 5.50. The van der Waals surface area contributed by atoms with E-state index in [0.29, 0.717) is 11.8 Å². The van der Waals surface area contributed by atoms with Crippen LogP contribution < -0.4 is 15.8 Å². The monoisotopic (exact) mass is 244 g/mol. The Hall–Kier alpha value is -2.30. The van der Waals surface area contributed by atoms with E-state index >= 15 is 0 Å². The first-order chi connectivity index (χ1) is 8.78. The van der Waals surface area contributed by atoms with Crippen molar-refractivity contribution >= 4 is 17.5 Å². The van der Waals surface area contributed by atoms with E-state index in [2.05, 4.69) is 22.2 Å². The van der Waals surface area contributed by atoms with Gasteiger partial charge in [-0.2, -0.15) is 4.98 Å². The Kier molecular flexibility index (Phi) is 3.96. The van der Waals surface area contributed by atoms with Gasteiger partial charge in [0, 0.05) is 11.9 Å². The lowest BCUT2D eigenvalue weighted by Gasteiger charge is -2.07. The molecule has 0 radical (unpaired) electrons. The normalized spacial score (nSPS) is 10.1. The summed E-state index contributed by atoms with van der Waals surface area (Å²) in [6, 6.07) is 9.29. The van der Waals surface area contributed by atoms with Crippen molar-refractivity contribution in [3.05, 3.63) is 36.5 Å². The van der Waals surface area contributed by atoms with Crippen LogP contribution in [0.3, 0.4) is 0 Å². The minimum absolute atomic E-state index is 0.440. The fraction of sp³-hybridized carbons (Fsp3) is 0.231. The second-order valence-electron chi connectivity index (χ2n) is 3.80. The molecular formula is C13H16N4O. The summed E-state index contributed by atoms with van der Waals surface area (Å²) in [6.45, 7) is 2.80. The number of rotatable bonds is 5. The van der Waals surface area contributed by atoms with Crippen LogP contribution in [0, 0.1) is 0 Å². The standard InChI is InChI=1S/C13H16N4O/c1-2-9-18-11-5-3-10(4-6-11)16-13-15-8-7-12(14)17-13/h3-8H,2,9H2,1H3,(H3,14,15,16,17). The number of anilines is 3. The topological polar surface area (TPSA) is 73.1 Å². The molecule has 2 aromatic rings. The molecule has 1 aromatic carbocycles. The third-order valence-corrected chi connectivity index (χ3v) is 2.26. The molecule has 0 atom stereocenters. The maximum Gasteiger partial charge on any atom is 0.229 e. The molecule has 0 amide bonds. The van der Waals surface area contributed by atoms with Crippen LogP contribution in [0.15, 0.2) is 36.5 Å². The molecule has 0 saturated heterocycles. The molecule has 0 spiro atoms. The van der Waals surface area contributed by atoms with Gasteiger partial charge in [0.1, 0.15) is 11.6 Å². The van der Waals surface area contributed by atoms with Crippen molar-refractivity contribution in [1.29, 1.82) is 0 Å². The first-order valence-corrected chi connectivity index (χ1v) is 5.86. The molecule has 0 unspecified atom stereocenters. The lowest BCUT2D eigenvalue weighted by atomic mass is 10.3. The van der Waals surface area contributed by atoms with Gasteiger partial charge in [0.05, 0.1) is 6.61 Å². The van der Waals surface area contributed by atoms with Crippen molar-refractivity contribution in [1.82, 2.24) is 9.97 Å². The van der Waals surface area contributed by atoms with Crippen LogP contribution in [0.2, 0.25) is 0 Å². The Balaban J connectivity index is 2.02. The smallest absolute Gasteiger partial charge is 0.229 e. The zero-order chi connectivity index (χ0) is 12.8. The first kappa shape index (κ1) is 12.2. The number of nitrogen functional groups attached to an aromatic ring is 1. The summed E-state index contributed by atoms with van der Waals surface area (Å²) >= 11 is 0. The Morgan fingerprint density at radius 2 is 2.00 bits per heavy atom. The highest BCUT2D eigenvalue weighted by Crippen LogP contribution is 2.18. The number of benzene rings is 1. The van der Waals surface area contributed by atoms with Gasteiger partial charge in [0.2, 0.25) is 5.95 Å². The van der Waals surface area contributed by atoms with E-state index in [0.717, 1.165) is 24.5 Å². The quantitative estimate of drug-likeness (QED) is 0.845. The largest absolute Gasteiger partial charge is 0.494 e. The van der Waals surface area contributed by atoms with Crippen molar-refractivity contribution < 1.29 is 4.74 Å². The van der Waals surface area contributed by atoms with Gasteiger partial charge in [-0.05, 0) is 36.8 Å². The maximum atomic E-state index is 5.58. The number of nitrogens with zero attached hydrogens (tertiary/aromatic N) is 2. The summed E-state index contributed by atoms with van der Waals surface area (Å²) in [6.07, 6.45) is 2.61. The molecule has 0 aliphatic heterocycles. The molecule has 0 saturated carbocycles. The molecule has 3 N–H and O–H groups in total. The second-order valence-corrected chi connectivity index (χ2v) is 3.80. The molecule has 0 bridgehead atoms. The third-order valence-electron chi connectivity index (χ3n) is 2.26. The molecule has 2 rings (SSSR count). The van der Waals surface area contributed by atoms with Gasteiger partial charge < -0.3 is 15.8 Å². The van der Waals surface area contributed by atoms with E-state index in [4.69, 9.17) is 10.5 Å². The summed E-state index contributed by atoms with van der Waals surface area (Å²) in [5, 5.41) is 3.07. The van der Waals surface area contributed by atoms with Gasteiger partial charge in [-0.3, -0.25) is 0 Å². The van der Waals surface area contributed by atoms with Crippen molar-refractivity contribution in [2.24, 2.45) is 0 Å². The molecule has 0 aliphatic carbocycles. The molecular weight excluding hydrogens is 228 g/mol. The lowest BCUT2D eigenvalue weighted by molar-refractivity contribution is 0.317. The molecule has 1 heterocycles. The minimum atomic E-state index is 0.440. The summed E-state index contributed by atoms with van der Waals surface area (Å²) in [7, 11) is 0. The van der Waals surface area contributed by atoms with E-state index in [1.165, 1.54) is 0 Å². The number of nitrogens with one attached hydrogen (secondary N) is 1. The van der Waals surface area contributed by atoms with Crippen LogP contribution in [0.1, 0.15) is 13.3 Å². The predicted octanol–water partition coefficient (Wildman–Crippen LogP) is 2.59. The molecule has 5 heteroatoms. The Bertz CT molecular complexity index is 499. The van der Waals surface area contributed by atoms with Crippen molar-refractivity contribution in [3.63, 3.8) is 0 Å². The number of nitrogens with two attached hydrogens (primary N) is 1. The zero-order valence-electron chi connectivity index (χ0n) is 10.3. The van der Waals surface area contributed by atoms with Crippen LogP contribution in [0.25, 0.3) is 0 Å². The van der Waals surface area contributed by atoms with Gasteiger partial charge in [-0.15, -0.1) is 0 Å². The van der Waals surface area contributed by atoms with Gasteiger partial charge in [0.15, 0.2) is 0 Å². The van der Waals surface area contributed by atoms with Gasteiger partial charge >= 0.3 is 0 Å². The van der Waals surface area contributed by atoms with Crippen molar-refractivity contribution in [3.8, 4) is 5.75 Å². The van der Waals surface area contributed by atoms with Gasteiger partial charge in [-0.1, -0.05) is 6.92 Å². The molecule has 94 valence electrons. The minimum Gasteiger partial charge on any atom is -0.494 e. The first-order valence-electron chi connectivity index (χ1n) is 5.86. The highest BCUT2D eigenvalue weighted by Gasteiger charge is 1.99. The lowest BCUT2D eigenvalue weighted by Crippen LogP contribution is -1.99. The third kappa shape index (κ3) is 3.35. The van der Waals surface area contributed by atoms with Crippen LogP contribution >= 0.6 is 0 Å². The predicted molar refractivity (Wildman–Crippen MR) is 72.0 cm³/mol. The second kappa shape index (κ2) is 5.86. The van der Waals surface area contributed by atoms with E-state index in [-0.39, 0.29) is 0 Å². The number of hydrogen-bond donors (Lipinski definition) is 2. The van der Waals surface area contributed by atoms with Crippen molar-refractivity contribution in [2.75, 3.05) is 17.7 Å². The fourth-order valence-electron chi connectivity index (χ4n) is 1.42. The van der Waals surface area contributed by atoms with Crippen LogP contribution in [0.4, 0.5) is 17.5 Å². The van der Waals surface area contributed by atoms with E-state index in [1.807, 2.05) is 24.3 Å². The van der Waals surface area contributed by atoms with E-state index in [9.17, 15) is 0 Å². The summed E-state index contributed by atoms with van der Waals surface area (Å²) in [5.74, 6) is 1.78. The number of aromatic nitrogens is 2. The molecule has 5 nitrogen and oxygen atoms in total. The number of hydrogen-bond acceptors (Lipinski definition) is 5. The van der Waals surface area contributed by atoms with Gasteiger partial charge in [-0.25, -0.2) is 4.98 Å². The fourth-order valence-corrected chi connectivity index (χ4v) is 1.42. The molecule has 0 fully saturated rings. The molecule has 18 heavy (non-hydrogen) atoms. The average molecular weight is 244 g/mol. The highest BCUT2D eigenvalue weighted by molar-refractivity contribution is 5.55. The van der Waals surface area contributed by atoms with Gasteiger partial charge in [0.25, 0.3) is 0 Å². The average Bonchev–Trinajstić information content (AvgIpc) is 2.38. The summed E-state index contributed by atoms with van der Waals surface area (Å²) in [4.78, 5) is 8.14. The zero-order valence-corrected chi connectivity index (χ0v) is 10.3. The van der Waals surface area contributed by atoms with Crippen LogP contribution in [-0.4, -0.2) is 16.6 Å². The summed E-state index contributed by atoms with van der Waals surface area (Å²) in [5.41, 5.74) is 6.47. The Labute approximate surface area is 106 Å². The van der Waals surface area contributed by atoms with Crippen LogP contribution in [-0.2, 0) is 0 Å². The molecule has 1 aromatic heterocycles. The SMILES string of the molecule is CCCOc1ccc(Nc2nccc(N)n2)cc1. The maximum absolute atomic E-state index is 5.58. The van der Waals surface area contributed by atoms with Crippen LogP contribution in [0.5, 0.6) is 5.75 Å². The van der Waals surface area contributed by atoms with Crippen molar-refractivity contribution in [2.45, 2.75) is 13.3 Å². The van der Waals surface area contributed by atoms with E-state index in [1.54, 1.807) is 12.3 Å². The highest BCUT2D eigenvalue weighted by atomic mass is 16.5. The molecule has 0 aliphatic rings. The Morgan fingerprint density at radius 1 is 1.22 bits per heavy atom. The van der Waals surface area contributed by atoms with E-state index < -0.39 is 0 Å². The Morgan fingerprint density at radius 3 is 2.67 bits per heavy atom. The number of ether oxygens (including phenoxy) is 1.